The minimum atomic E-state index is 0.778. The van der Waals surface area contributed by atoms with Gasteiger partial charge in [0.2, 0.25) is 0 Å². The van der Waals surface area contributed by atoms with Crippen LogP contribution in [-0.4, -0.2) is 25.0 Å². The fraction of sp³-hybridized carbons (Fsp3) is 0.600. The Morgan fingerprint density at radius 2 is 1.88 bits per heavy atom. The van der Waals surface area contributed by atoms with E-state index in [0.717, 1.165) is 23.8 Å². The van der Waals surface area contributed by atoms with Crippen molar-refractivity contribution in [2.24, 2.45) is 11.8 Å². The Morgan fingerprint density at radius 1 is 1.12 bits per heavy atom. The van der Waals surface area contributed by atoms with E-state index in [1.807, 2.05) is 0 Å². The second kappa shape index (κ2) is 3.59. The molecule has 86 valence electrons. The van der Waals surface area contributed by atoms with Crippen molar-refractivity contribution < 1.29 is 0 Å². The summed E-state index contributed by atoms with van der Waals surface area (Å²) in [5.74, 6) is 2.79. The second-order valence-electron chi connectivity index (χ2n) is 5.81. The van der Waals surface area contributed by atoms with Gasteiger partial charge in [0, 0.05) is 12.0 Å². The van der Waals surface area contributed by atoms with Crippen molar-refractivity contribution in [1.82, 2.24) is 4.90 Å². The van der Waals surface area contributed by atoms with Gasteiger partial charge in [0.1, 0.15) is 0 Å². The van der Waals surface area contributed by atoms with Gasteiger partial charge in [-0.1, -0.05) is 24.3 Å². The number of likely N-dealkylation sites (N-methyl/N-ethyl adjacent to an activating group) is 1. The highest BCUT2D eigenvalue weighted by molar-refractivity contribution is 5.33. The predicted octanol–water partition coefficient (Wildman–Crippen LogP) is 3.05. The Morgan fingerprint density at radius 3 is 2.56 bits per heavy atom. The van der Waals surface area contributed by atoms with E-state index >= 15 is 0 Å². The first kappa shape index (κ1) is 10.3. The average Bonchev–Trinajstić information content (AvgIpc) is 2.89. The van der Waals surface area contributed by atoms with E-state index in [-0.39, 0.29) is 0 Å². The molecule has 1 heteroatoms. The molecule has 4 unspecified atom stereocenters. The Hall–Kier alpha value is -0.820. The van der Waals surface area contributed by atoms with E-state index in [9.17, 15) is 0 Å². The molecule has 1 aromatic rings. The molecule has 4 atom stereocenters. The van der Waals surface area contributed by atoms with E-state index in [1.165, 1.54) is 18.4 Å². The molecule has 0 heterocycles. The van der Waals surface area contributed by atoms with Crippen LogP contribution in [0, 0.1) is 18.8 Å². The van der Waals surface area contributed by atoms with Crippen LogP contribution >= 0.6 is 0 Å². The fourth-order valence-electron chi connectivity index (χ4n) is 3.78. The van der Waals surface area contributed by atoms with Crippen LogP contribution in [-0.2, 0) is 0 Å². The third-order valence-electron chi connectivity index (χ3n) is 4.57. The van der Waals surface area contributed by atoms with Crippen LogP contribution < -0.4 is 0 Å². The van der Waals surface area contributed by atoms with Gasteiger partial charge in [0.25, 0.3) is 0 Å². The lowest BCUT2D eigenvalue weighted by Gasteiger charge is -2.30. The molecule has 0 radical (unpaired) electrons. The third-order valence-corrected chi connectivity index (χ3v) is 4.57. The Bertz CT molecular complexity index is 396. The van der Waals surface area contributed by atoms with E-state index in [0.29, 0.717) is 0 Å². The van der Waals surface area contributed by atoms with Crippen LogP contribution in [0.1, 0.15) is 29.9 Å². The lowest BCUT2D eigenvalue weighted by Crippen LogP contribution is -2.33. The highest BCUT2D eigenvalue weighted by Gasteiger charge is 2.54. The van der Waals surface area contributed by atoms with Gasteiger partial charge in [0.05, 0.1) is 0 Å². The predicted molar refractivity (Wildman–Crippen MR) is 67.6 cm³/mol. The first-order chi connectivity index (χ1) is 7.68. The summed E-state index contributed by atoms with van der Waals surface area (Å²) < 4.78 is 0. The highest BCUT2D eigenvalue weighted by atomic mass is 15.1. The Balaban J connectivity index is 1.93. The summed E-state index contributed by atoms with van der Waals surface area (Å²) in [6, 6.07) is 9.72. The molecule has 3 rings (SSSR count). The van der Waals surface area contributed by atoms with Crippen molar-refractivity contribution in [3.8, 4) is 0 Å². The smallest absolute Gasteiger partial charge is 0.0189 e. The van der Waals surface area contributed by atoms with Gasteiger partial charge < -0.3 is 4.90 Å². The van der Waals surface area contributed by atoms with Crippen molar-refractivity contribution in [2.75, 3.05) is 14.1 Å². The maximum Gasteiger partial charge on any atom is 0.0189 e. The van der Waals surface area contributed by atoms with E-state index in [2.05, 4.69) is 50.2 Å². The highest BCUT2D eigenvalue weighted by Crippen LogP contribution is 2.59. The molecule has 0 spiro atoms. The van der Waals surface area contributed by atoms with Crippen LogP contribution in [0.5, 0.6) is 0 Å². The minimum Gasteiger partial charge on any atom is -0.306 e. The van der Waals surface area contributed by atoms with Crippen molar-refractivity contribution in [1.29, 1.82) is 0 Å². The normalized spacial score (nSPS) is 36.5. The molecule has 1 aromatic carbocycles. The molecule has 0 amide bonds. The topological polar surface area (TPSA) is 3.24 Å². The molecule has 2 saturated carbocycles. The third kappa shape index (κ3) is 1.49. The molecule has 0 N–H and O–H groups in total. The van der Waals surface area contributed by atoms with Crippen molar-refractivity contribution in [3.05, 3.63) is 35.4 Å². The first-order valence-corrected chi connectivity index (χ1v) is 6.40. The monoisotopic (exact) mass is 215 g/mol. The van der Waals surface area contributed by atoms with Gasteiger partial charge in [-0.15, -0.1) is 0 Å². The minimum absolute atomic E-state index is 0.778. The largest absolute Gasteiger partial charge is 0.306 e. The van der Waals surface area contributed by atoms with E-state index < -0.39 is 0 Å². The molecule has 16 heavy (non-hydrogen) atoms. The fourth-order valence-corrected chi connectivity index (χ4v) is 3.78. The molecule has 2 aliphatic rings. The molecular weight excluding hydrogens is 194 g/mol. The van der Waals surface area contributed by atoms with Crippen LogP contribution in [0.2, 0.25) is 0 Å². The average molecular weight is 215 g/mol. The standard InChI is InChI=1S/C15H21N/c1-10-6-4-5-7-12(10)14-9-11-8-13(11)15(14)16(2)3/h4-7,11,13-15H,8-9H2,1-3H3. The van der Waals surface area contributed by atoms with Crippen molar-refractivity contribution in [2.45, 2.75) is 31.7 Å². The summed E-state index contributed by atoms with van der Waals surface area (Å²) in [6.07, 6.45) is 2.89. The maximum absolute atomic E-state index is 2.45. The summed E-state index contributed by atoms with van der Waals surface area (Å²) in [6.45, 7) is 2.26. The van der Waals surface area contributed by atoms with Gasteiger partial charge in [0.15, 0.2) is 0 Å². The maximum atomic E-state index is 2.45. The van der Waals surface area contributed by atoms with Crippen LogP contribution in [0.3, 0.4) is 0 Å². The molecule has 2 fully saturated rings. The number of nitrogens with zero attached hydrogens (tertiary/aromatic N) is 1. The molecular formula is C15H21N. The quantitative estimate of drug-likeness (QED) is 0.733. The van der Waals surface area contributed by atoms with E-state index in [4.69, 9.17) is 0 Å². The van der Waals surface area contributed by atoms with Gasteiger partial charge in [-0.25, -0.2) is 0 Å². The van der Waals surface area contributed by atoms with Crippen LogP contribution in [0.15, 0.2) is 24.3 Å². The lowest BCUT2D eigenvalue weighted by atomic mass is 9.87. The van der Waals surface area contributed by atoms with Crippen LogP contribution in [0.4, 0.5) is 0 Å². The zero-order chi connectivity index (χ0) is 11.3. The van der Waals surface area contributed by atoms with Crippen LogP contribution in [0.25, 0.3) is 0 Å². The molecule has 2 aliphatic carbocycles. The summed E-state index contributed by atoms with van der Waals surface area (Å²) in [4.78, 5) is 2.45. The Labute approximate surface area is 98.5 Å². The second-order valence-corrected chi connectivity index (χ2v) is 5.81. The van der Waals surface area contributed by atoms with Gasteiger partial charge in [-0.2, -0.15) is 0 Å². The molecule has 0 aromatic heterocycles. The first-order valence-electron chi connectivity index (χ1n) is 6.40. The summed E-state index contributed by atoms with van der Waals surface area (Å²) >= 11 is 0. The number of rotatable bonds is 2. The van der Waals surface area contributed by atoms with Crippen molar-refractivity contribution >= 4 is 0 Å². The van der Waals surface area contributed by atoms with Crippen molar-refractivity contribution in [3.63, 3.8) is 0 Å². The summed E-state index contributed by atoms with van der Waals surface area (Å²) in [5, 5.41) is 0. The van der Waals surface area contributed by atoms with Gasteiger partial charge in [-0.3, -0.25) is 0 Å². The lowest BCUT2D eigenvalue weighted by molar-refractivity contribution is 0.247. The Kier molecular flexibility index (Phi) is 2.32. The number of hydrogen-bond donors (Lipinski definition) is 0. The zero-order valence-corrected chi connectivity index (χ0v) is 10.5. The number of benzene rings is 1. The van der Waals surface area contributed by atoms with Gasteiger partial charge in [-0.05, 0) is 56.8 Å². The number of hydrogen-bond acceptors (Lipinski definition) is 1. The molecule has 0 bridgehead atoms. The number of fused-ring (bicyclic) bond motifs is 1. The van der Waals surface area contributed by atoms with Gasteiger partial charge >= 0.3 is 0 Å². The summed E-state index contributed by atoms with van der Waals surface area (Å²) in [5.41, 5.74) is 3.06. The molecule has 1 nitrogen and oxygen atoms in total. The van der Waals surface area contributed by atoms with E-state index in [1.54, 1.807) is 5.56 Å². The summed E-state index contributed by atoms with van der Waals surface area (Å²) in [7, 11) is 4.49. The molecule has 0 saturated heterocycles. The zero-order valence-electron chi connectivity index (χ0n) is 10.5. The molecule has 0 aliphatic heterocycles. The SMILES string of the molecule is Cc1ccccc1C1CC2CC2C1N(C)C. The number of aryl methyl sites for hydroxylation is 1.